The number of nitrogens with zero attached hydrogens (tertiary/aromatic N) is 2. The molecule has 54 valence electrons. The second-order valence-electron chi connectivity index (χ2n) is 1.93. The summed E-state index contributed by atoms with van der Waals surface area (Å²) < 4.78 is 0. The van der Waals surface area contributed by atoms with Crippen molar-refractivity contribution in [1.82, 2.24) is 5.32 Å². The zero-order valence-corrected chi connectivity index (χ0v) is 5.93. The quantitative estimate of drug-likeness (QED) is 0.456. The molecule has 0 aromatic carbocycles. The van der Waals surface area contributed by atoms with Crippen molar-refractivity contribution in [3.05, 3.63) is 11.4 Å². The van der Waals surface area contributed by atoms with E-state index in [1.165, 1.54) is 0 Å². The average molecular weight is 137 g/mol. The normalized spacial score (nSPS) is 8.20. The third-order valence-electron chi connectivity index (χ3n) is 1.08. The maximum atomic E-state index is 8.15. The average Bonchev–Trinajstić information content (AvgIpc) is 1.97. The monoisotopic (exact) mass is 137 g/mol. The van der Waals surface area contributed by atoms with E-state index in [9.17, 15) is 0 Å². The number of nitriles is 1. The van der Waals surface area contributed by atoms with Gasteiger partial charge in [-0.1, -0.05) is 0 Å². The Morgan fingerprint density at radius 3 is 2.90 bits per heavy atom. The smallest absolute Gasteiger partial charge is 0.268 e. The SMILES string of the molecule is [C-]#[N+]CNCCCCC#N. The van der Waals surface area contributed by atoms with Gasteiger partial charge < -0.3 is 0 Å². The number of nitrogens with one attached hydrogen (secondary N) is 1. The molecule has 0 amide bonds. The summed E-state index contributed by atoms with van der Waals surface area (Å²) in [5.41, 5.74) is 0. The standard InChI is InChI=1S/C7H11N3/c1-9-7-10-6-4-2-3-5-8/h10H,2-4,6-7H2. The maximum Gasteiger partial charge on any atom is 0.268 e. The van der Waals surface area contributed by atoms with Crippen molar-refractivity contribution in [2.24, 2.45) is 0 Å². The first kappa shape index (κ1) is 8.94. The topological polar surface area (TPSA) is 40.2 Å². The Kier molecular flexibility index (Phi) is 7.10. The summed E-state index contributed by atoms with van der Waals surface area (Å²) in [4.78, 5) is 3.13. The van der Waals surface area contributed by atoms with Crippen LogP contribution in [0.3, 0.4) is 0 Å². The molecule has 3 heteroatoms. The maximum absolute atomic E-state index is 8.15. The van der Waals surface area contributed by atoms with Crippen molar-refractivity contribution in [3.63, 3.8) is 0 Å². The summed E-state index contributed by atoms with van der Waals surface area (Å²) in [5.74, 6) is 0. The molecule has 0 unspecified atom stereocenters. The van der Waals surface area contributed by atoms with Crippen LogP contribution in [0.5, 0.6) is 0 Å². The summed E-state index contributed by atoms with van der Waals surface area (Å²) in [5, 5.41) is 11.1. The first-order valence-electron chi connectivity index (χ1n) is 3.32. The lowest BCUT2D eigenvalue weighted by Gasteiger charge is -1.93. The minimum Gasteiger partial charge on any atom is -0.300 e. The predicted molar refractivity (Wildman–Crippen MR) is 38.9 cm³/mol. The van der Waals surface area contributed by atoms with Crippen LogP contribution < -0.4 is 5.32 Å². The lowest BCUT2D eigenvalue weighted by molar-refractivity contribution is 0.662. The lowest BCUT2D eigenvalue weighted by atomic mass is 10.2. The van der Waals surface area contributed by atoms with Crippen molar-refractivity contribution in [2.45, 2.75) is 19.3 Å². The van der Waals surface area contributed by atoms with Crippen molar-refractivity contribution in [2.75, 3.05) is 13.2 Å². The van der Waals surface area contributed by atoms with E-state index in [0.29, 0.717) is 13.1 Å². The van der Waals surface area contributed by atoms with Crippen LogP contribution in [0.4, 0.5) is 0 Å². The highest BCUT2D eigenvalue weighted by Gasteiger charge is 1.87. The van der Waals surface area contributed by atoms with Crippen LogP contribution in [0.1, 0.15) is 19.3 Å². The molecule has 0 aliphatic rings. The Hall–Kier alpha value is -1.06. The second kappa shape index (κ2) is 7.94. The van der Waals surface area contributed by atoms with Gasteiger partial charge in [-0.3, -0.25) is 10.2 Å². The predicted octanol–water partition coefficient (Wildman–Crippen LogP) is 1.15. The molecule has 0 heterocycles. The summed E-state index contributed by atoms with van der Waals surface area (Å²) in [6.45, 7) is 7.68. The molecule has 3 nitrogen and oxygen atoms in total. The number of rotatable bonds is 5. The van der Waals surface area contributed by atoms with E-state index in [4.69, 9.17) is 11.8 Å². The van der Waals surface area contributed by atoms with Crippen LogP contribution in [0.2, 0.25) is 0 Å². The molecule has 0 atom stereocenters. The fourth-order valence-electron chi connectivity index (χ4n) is 0.589. The van der Waals surface area contributed by atoms with E-state index < -0.39 is 0 Å². The minimum absolute atomic E-state index is 0.395. The van der Waals surface area contributed by atoms with Gasteiger partial charge in [0.25, 0.3) is 6.67 Å². The van der Waals surface area contributed by atoms with E-state index in [1.54, 1.807) is 0 Å². The van der Waals surface area contributed by atoms with Gasteiger partial charge in [0.05, 0.1) is 6.07 Å². The van der Waals surface area contributed by atoms with Gasteiger partial charge in [-0.2, -0.15) is 5.26 Å². The first-order valence-corrected chi connectivity index (χ1v) is 3.32. The van der Waals surface area contributed by atoms with Gasteiger partial charge >= 0.3 is 0 Å². The summed E-state index contributed by atoms with van der Waals surface area (Å²) in [7, 11) is 0. The molecule has 1 N–H and O–H groups in total. The van der Waals surface area contributed by atoms with E-state index >= 15 is 0 Å². The molecule has 0 saturated heterocycles. The Labute approximate surface area is 61.5 Å². The van der Waals surface area contributed by atoms with Gasteiger partial charge in [0, 0.05) is 13.0 Å². The Morgan fingerprint density at radius 1 is 1.50 bits per heavy atom. The van der Waals surface area contributed by atoms with Crippen molar-refractivity contribution in [3.8, 4) is 6.07 Å². The first-order chi connectivity index (χ1) is 4.91. The highest BCUT2D eigenvalue weighted by atomic mass is 15.0. The van der Waals surface area contributed by atoms with Crippen LogP contribution in [0.25, 0.3) is 4.85 Å². The van der Waals surface area contributed by atoms with Crippen LogP contribution in [0, 0.1) is 17.9 Å². The van der Waals surface area contributed by atoms with E-state index in [0.717, 1.165) is 19.4 Å². The molecule has 0 aromatic heterocycles. The zero-order chi connectivity index (χ0) is 7.66. The van der Waals surface area contributed by atoms with Crippen molar-refractivity contribution >= 4 is 0 Å². The zero-order valence-electron chi connectivity index (χ0n) is 5.93. The molecule has 0 bridgehead atoms. The van der Waals surface area contributed by atoms with Gasteiger partial charge in [0.15, 0.2) is 0 Å². The van der Waals surface area contributed by atoms with Crippen LogP contribution in [-0.4, -0.2) is 13.2 Å². The van der Waals surface area contributed by atoms with Crippen LogP contribution >= 0.6 is 0 Å². The third-order valence-corrected chi connectivity index (χ3v) is 1.08. The lowest BCUT2D eigenvalue weighted by Crippen LogP contribution is -2.13. The molecule has 0 saturated carbocycles. The van der Waals surface area contributed by atoms with Crippen LogP contribution in [-0.2, 0) is 0 Å². The number of hydrogen-bond donors (Lipinski definition) is 1. The summed E-state index contributed by atoms with van der Waals surface area (Å²) >= 11 is 0. The van der Waals surface area contributed by atoms with Crippen molar-refractivity contribution in [1.29, 1.82) is 5.26 Å². The number of hydrogen-bond acceptors (Lipinski definition) is 2. The van der Waals surface area contributed by atoms with Crippen LogP contribution in [0.15, 0.2) is 0 Å². The molecule has 0 aromatic rings. The molecule has 0 aliphatic heterocycles. The fraction of sp³-hybridized carbons (Fsp3) is 0.714. The molecule has 0 aliphatic carbocycles. The minimum atomic E-state index is 0.395. The third kappa shape index (κ3) is 6.94. The fourth-order valence-corrected chi connectivity index (χ4v) is 0.589. The highest BCUT2D eigenvalue weighted by molar-refractivity contribution is 4.68. The van der Waals surface area contributed by atoms with E-state index in [2.05, 4.69) is 16.2 Å². The summed E-state index contributed by atoms with van der Waals surface area (Å²) in [6.07, 6.45) is 2.55. The van der Waals surface area contributed by atoms with Gasteiger partial charge in [-0.15, -0.1) is 0 Å². The molecule has 10 heavy (non-hydrogen) atoms. The van der Waals surface area contributed by atoms with E-state index in [1.807, 2.05) is 0 Å². The second-order valence-corrected chi connectivity index (χ2v) is 1.93. The molecule has 0 radical (unpaired) electrons. The van der Waals surface area contributed by atoms with Gasteiger partial charge in [0.1, 0.15) is 0 Å². The molecule has 0 spiro atoms. The van der Waals surface area contributed by atoms with Gasteiger partial charge in [-0.05, 0) is 12.8 Å². The van der Waals surface area contributed by atoms with Gasteiger partial charge in [-0.25, -0.2) is 6.57 Å². The van der Waals surface area contributed by atoms with E-state index in [-0.39, 0.29) is 0 Å². The number of unbranched alkanes of at least 4 members (excludes halogenated alkanes) is 2. The van der Waals surface area contributed by atoms with Crippen molar-refractivity contribution < 1.29 is 0 Å². The molecular weight excluding hydrogens is 126 g/mol. The molecule has 0 rings (SSSR count). The highest BCUT2D eigenvalue weighted by Crippen LogP contribution is 1.90. The Bertz CT molecular complexity index is 122. The summed E-state index contributed by atoms with van der Waals surface area (Å²) in [6, 6.07) is 2.07. The Morgan fingerprint density at radius 2 is 2.30 bits per heavy atom. The van der Waals surface area contributed by atoms with Gasteiger partial charge in [0.2, 0.25) is 0 Å². The Balaban J connectivity index is 2.80. The largest absolute Gasteiger partial charge is 0.300 e. The molecule has 0 fully saturated rings. The molecular formula is C7H11N3.